The first-order valence-corrected chi connectivity index (χ1v) is 8.08. The Balaban J connectivity index is 1.61. The van der Waals surface area contributed by atoms with E-state index in [1.807, 2.05) is 55.5 Å². The van der Waals surface area contributed by atoms with Gasteiger partial charge in [-0.1, -0.05) is 36.4 Å². The third-order valence-corrected chi connectivity index (χ3v) is 4.02. The second-order valence-electron chi connectivity index (χ2n) is 5.92. The molecule has 0 bridgehead atoms. The first kappa shape index (κ1) is 16.2. The Morgan fingerprint density at radius 1 is 1.12 bits per heavy atom. The van der Waals surface area contributed by atoms with Crippen LogP contribution in [0.25, 0.3) is 0 Å². The lowest BCUT2D eigenvalue weighted by Gasteiger charge is -2.23. The summed E-state index contributed by atoms with van der Waals surface area (Å²) < 4.78 is 11.1. The van der Waals surface area contributed by atoms with Crippen LogP contribution in [-0.4, -0.2) is 31.2 Å². The fourth-order valence-corrected chi connectivity index (χ4v) is 2.64. The van der Waals surface area contributed by atoms with E-state index in [9.17, 15) is 4.79 Å². The summed E-state index contributed by atoms with van der Waals surface area (Å²) in [5.74, 6) is 1.49. The summed E-state index contributed by atoms with van der Waals surface area (Å²) in [6.07, 6.45) is 0. The molecule has 0 saturated carbocycles. The van der Waals surface area contributed by atoms with Crippen molar-refractivity contribution >= 4 is 6.03 Å². The molecule has 0 fully saturated rings. The molecule has 5 nitrogen and oxygen atoms in total. The lowest BCUT2D eigenvalue weighted by molar-refractivity contribution is 0.171. The number of carbonyl (C=O) groups is 1. The molecule has 1 unspecified atom stereocenters. The summed E-state index contributed by atoms with van der Waals surface area (Å²) >= 11 is 0. The number of ether oxygens (including phenoxy) is 2. The average molecular weight is 326 g/mol. The van der Waals surface area contributed by atoms with Gasteiger partial charge in [0.05, 0.1) is 6.04 Å². The maximum absolute atomic E-state index is 12.4. The summed E-state index contributed by atoms with van der Waals surface area (Å²) in [6.45, 7) is 3.65. The largest absolute Gasteiger partial charge is 0.486 e. The van der Waals surface area contributed by atoms with Crippen LogP contribution in [0, 0.1) is 0 Å². The Hall–Kier alpha value is -2.69. The number of hydrogen-bond donors (Lipinski definition) is 1. The topological polar surface area (TPSA) is 50.8 Å². The minimum Gasteiger partial charge on any atom is -0.486 e. The minimum absolute atomic E-state index is 0.110. The summed E-state index contributed by atoms with van der Waals surface area (Å²) in [7, 11) is 1.79. The molecule has 2 amide bonds. The number of carbonyl (C=O) groups excluding carboxylic acids is 1. The molecular weight excluding hydrogens is 304 g/mol. The molecule has 1 aliphatic heterocycles. The van der Waals surface area contributed by atoms with Crippen LogP contribution in [0.1, 0.15) is 24.1 Å². The summed E-state index contributed by atoms with van der Waals surface area (Å²) in [4.78, 5) is 14.0. The van der Waals surface area contributed by atoms with Gasteiger partial charge in [-0.15, -0.1) is 0 Å². The molecule has 0 aromatic heterocycles. The van der Waals surface area contributed by atoms with E-state index in [0.29, 0.717) is 19.8 Å². The van der Waals surface area contributed by atoms with E-state index in [4.69, 9.17) is 9.47 Å². The van der Waals surface area contributed by atoms with Gasteiger partial charge in [-0.25, -0.2) is 4.79 Å². The normalized spacial score (nSPS) is 13.9. The molecule has 1 N–H and O–H groups in total. The van der Waals surface area contributed by atoms with E-state index in [2.05, 4.69) is 5.32 Å². The molecule has 0 spiro atoms. The zero-order valence-electron chi connectivity index (χ0n) is 14.0. The molecule has 2 aromatic carbocycles. The third kappa shape index (κ3) is 3.79. The van der Waals surface area contributed by atoms with E-state index in [-0.39, 0.29) is 12.1 Å². The van der Waals surface area contributed by atoms with Crippen LogP contribution < -0.4 is 14.8 Å². The second kappa shape index (κ2) is 7.25. The Morgan fingerprint density at radius 3 is 2.58 bits per heavy atom. The van der Waals surface area contributed by atoms with Gasteiger partial charge in [0.15, 0.2) is 11.5 Å². The van der Waals surface area contributed by atoms with Crippen molar-refractivity contribution in [2.45, 2.75) is 19.5 Å². The standard InChI is InChI=1S/C19H22N2O3/c1-14(16-8-9-17-18(12-16)24-11-10-23-17)20-19(22)21(2)13-15-6-4-3-5-7-15/h3-9,12,14H,10-11,13H2,1-2H3,(H,20,22). The second-order valence-corrected chi connectivity index (χ2v) is 5.92. The molecule has 0 aliphatic carbocycles. The van der Waals surface area contributed by atoms with Crippen molar-refractivity contribution < 1.29 is 14.3 Å². The Labute approximate surface area is 142 Å². The van der Waals surface area contributed by atoms with Crippen molar-refractivity contribution in [1.82, 2.24) is 10.2 Å². The smallest absolute Gasteiger partial charge is 0.317 e. The van der Waals surface area contributed by atoms with Crippen LogP contribution in [0.3, 0.4) is 0 Å². The molecule has 0 saturated heterocycles. The van der Waals surface area contributed by atoms with Gasteiger partial charge < -0.3 is 19.7 Å². The zero-order chi connectivity index (χ0) is 16.9. The number of rotatable bonds is 4. The minimum atomic E-state index is -0.119. The van der Waals surface area contributed by atoms with Crippen LogP contribution in [0.5, 0.6) is 11.5 Å². The molecule has 1 atom stereocenters. The van der Waals surface area contributed by atoms with Gasteiger partial charge in [-0.3, -0.25) is 0 Å². The van der Waals surface area contributed by atoms with Crippen molar-refractivity contribution in [1.29, 1.82) is 0 Å². The Bertz CT molecular complexity index is 703. The highest BCUT2D eigenvalue weighted by Gasteiger charge is 2.17. The van der Waals surface area contributed by atoms with Crippen molar-refractivity contribution in [3.05, 3.63) is 59.7 Å². The van der Waals surface area contributed by atoms with Gasteiger partial charge >= 0.3 is 6.03 Å². The van der Waals surface area contributed by atoms with Gasteiger partial charge in [-0.2, -0.15) is 0 Å². The summed E-state index contributed by atoms with van der Waals surface area (Å²) in [5.41, 5.74) is 2.09. The third-order valence-electron chi connectivity index (χ3n) is 4.02. The molecule has 3 rings (SSSR count). The SMILES string of the molecule is CC(NC(=O)N(C)Cc1ccccc1)c1ccc2c(c1)OCCO2. The van der Waals surface area contributed by atoms with Crippen LogP contribution in [0.15, 0.2) is 48.5 Å². The monoisotopic (exact) mass is 326 g/mol. The number of nitrogens with zero attached hydrogens (tertiary/aromatic N) is 1. The fourth-order valence-electron chi connectivity index (χ4n) is 2.64. The zero-order valence-corrected chi connectivity index (χ0v) is 14.0. The van der Waals surface area contributed by atoms with Crippen LogP contribution in [0.2, 0.25) is 0 Å². The quantitative estimate of drug-likeness (QED) is 0.937. The fraction of sp³-hybridized carbons (Fsp3) is 0.316. The van der Waals surface area contributed by atoms with Crippen LogP contribution in [-0.2, 0) is 6.54 Å². The number of urea groups is 1. The molecule has 0 radical (unpaired) electrons. The lowest BCUT2D eigenvalue weighted by Crippen LogP contribution is -2.38. The molecule has 5 heteroatoms. The van der Waals surface area contributed by atoms with E-state index in [0.717, 1.165) is 22.6 Å². The highest BCUT2D eigenvalue weighted by atomic mass is 16.6. The summed E-state index contributed by atoms with van der Waals surface area (Å²) in [6, 6.07) is 15.5. The first-order chi connectivity index (χ1) is 11.6. The Kier molecular flexibility index (Phi) is 4.89. The van der Waals surface area contributed by atoms with Crippen molar-refractivity contribution in [3.8, 4) is 11.5 Å². The number of hydrogen-bond acceptors (Lipinski definition) is 3. The van der Waals surface area contributed by atoms with Crippen LogP contribution in [0.4, 0.5) is 4.79 Å². The molecular formula is C19H22N2O3. The summed E-state index contributed by atoms with van der Waals surface area (Å²) in [5, 5.41) is 3.01. The predicted octanol–water partition coefficient (Wildman–Crippen LogP) is 3.36. The number of benzene rings is 2. The Morgan fingerprint density at radius 2 is 1.83 bits per heavy atom. The number of nitrogens with one attached hydrogen (secondary N) is 1. The van der Waals surface area contributed by atoms with E-state index >= 15 is 0 Å². The lowest BCUT2D eigenvalue weighted by atomic mass is 10.1. The van der Waals surface area contributed by atoms with E-state index in [1.54, 1.807) is 11.9 Å². The number of amides is 2. The maximum Gasteiger partial charge on any atom is 0.317 e. The van der Waals surface area contributed by atoms with Gasteiger partial charge in [0.25, 0.3) is 0 Å². The predicted molar refractivity (Wildman–Crippen MR) is 92.3 cm³/mol. The van der Waals surface area contributed by atoms with E-state index < -0.39 is 0 Å². The molecule has 2 aromatic rings. The number of fused-ring (bicyclic) bond motifs is 1. The first-order valence-electron chi connectivity index (χ1n) is 8.08. The maximum atomic E-state index is 12.4. The highest BCUT2D eigenvalue weighted by Crippen LogP contribution is 2.32. The van der Waals surface area contributed by atoms with Gasteiger partial charge in [0, 0.05) is 13.6 Å². The molecule has 126 valence electrons. The van der Waals surface area contributed by atoms with E-state index in [1.165, 1.54) is 0 Å². The molecule has 24 heavy (non-hydrogen) atoms. The van der Waals surface area contributed by atoms with Gasteiger partial charge in [-0.05, 0) is 30.2 Å². The highest BCUT2D eigenvalue weighted by molar-refractivity contribution is 5.74. The van der Waals surface area contributed by atoms with Crippen molar-refractivity contribution in [2.75, 3.05) is 20.3 Å². The van der Waals surface area contributed by atoms with Gasteiger partial charge in [0.1, 0.15) is 13.2 Å². The average Bonchev–Trinajstić information content (AvgIpc) is 2.62. The van der Waals surface area contributed by atoms with Gasteiger partial charge in [0.2, 0.25) is 0 Å². The molecule has 1 aliphatic rings. The van der Waals surface area contributed by atoms with Crippen molar-refractivity contribution in [2.24, 2.45) is 0 Å². The van der Waals surface area contributed by atoms with Crippen LogP contribution >= 0.6 is 0 Å². The molecule has 1 heterocycles. The van der Waals surface area contributed by atoms with Crippen molar-refractivity contribution in [3.63, 3.8) is 0 Å².